The summed E-state index contributed by atoms with van der Waals surface area (Å²) in [5, 5.41) is 7.45. The van der Waals surface area contributed by atoms with Crippen LogP contribution < -0.4 is 4.90 Å². The van der Waals surface area contributed by atoms with E-state index in [9.17, 15) is 4.79 Å². The van der Waals surface area contributed by atoms with Crippen molar-refractivity contribution in [3.8, 4) is 0 Å². The second kappa shape index (κ2) is 6.49. The van der Waals surface area contributed by atoms with Crippen LogP contribution in [0.4, 0.5) is 5.69 Å². The summed E-state index contributed by atoms with van der Waals surface area (Å²) in [5.41, 5.74) is 4.15. The van der Waals surface area contributed by atoms with Crippen LogP contribution in [-0.2, 0) is 12.2 Å². The number of hydrogen-bond donors (Lipinski definition) is 1. The van der Waals surface area contributed by atoms with Crippen molar-refractivity contribution in [2.75, 3.05) is 11.4 Å². The molecule has 0 spiro atoms. The molecule has 1 aliphatic rings. The first-order chi connectivity index (χ1) is 11.8. The Labute approximate surface area is 144 Å². The summed E-state index contributed by atoms with van der Waals surface area (Å²) in [7, 11) is 0. The molecule has 6 heteroatoms. The van der Waals surface area contributed by atoms with Crippen molar-refractivity contribution in [2.24, 2.45) is 0 Å². The molecule has 0 bridgehead atoms. The average molecular weight is 336 g/mol. The lowest BCUT2D eigenvalue weighted by Crippen LogP contribution is -2.28. The lowest BCUT2D eigenvalue weighted by Gasteiger charge is -2.17. The number of para-hydroxylation sites is 1. The summed E-state index contributed by atoms with van der Waals surface area (Å²) < 4.78 is 0. The maximum atomic E-state index is 12.8. The largest absolute Gasteiger partial charge is 0.308 e. The summed E-state index contributed by atoms with van der Waals surface area (Å²) in [6.45, 7) is 0.751. The van der Waals surface area contributed by atoms with Crippen LogP contribution in [-0.4, -0.2) is 27.6 Å². The van der Waals surface area contributed by atoms with Crippen molar-refractivity contribution >= 4 is 23.4 Å². The molecule has 1 N–H and O–H groups in total. The fourth-order valence-corrected chi connectivity index (χ4v) is 3.60. The highest BCUT2D eigenvalue weighted by Crippen LogP contribution is 2.29. The van der Waals surface area contributed by atoms with Gasteiger partial charge in [0.2, 0.25) is 0 Å². The maximum Gasteiger partial charge on any atom is 0.258 e. The van der Waals surface area contributed by atoms with Gasteiger partial charge in [0.1, 0.15) is 6.33 Å². The molecule has 0 aliphatic carbocycles. The number of anilines is 1. The van der Waals surface area contributed by atoms with Crippen LogP contribution in [0, 0.1) is 0 Å². The Morgan fingerprint density at radius 3 is 2.79 bits per heavy atom. The average Bonchev–Trinajstić information content (AvgIpc) is 3.29. The van der Waals surface area contributed by atoms with Gasteiger partial charge >= 0.3 is 0 Å². The molecule has 1 aromatic heterocycles. The molecule has 1 amide bonds. The van der Waals surface area contributed by atoms with E-state index in [0.29, 0.717) is 0 Å². The Morgan fingerprint density at radius 1 is 1.17 bits per heavy atom. The van der Waals surface area contributed by atoms with Gasteiger partial charge in [-0.15, -0.1) is 0 Å². The lowest BCUT2D eigenvalue weighted by molar-refractivity contribution is 0.0989. The van der Waals surface area contributed by atoms with Gasteiger partial charge in [0.15, 0.2) is 5.16 Å². The molecule has 4 rings (SSSR count). The van der Waals surface area contributed by atoms with Crippen molar-refractivity contribution in [1.29, 1.82) is 0 Å². The van der Waals surface area contributed by atoms with Gasteiger partial charge in [-0.2, -0.15) is 5.10 Å². The van der Waals surface area contributed by atoms with Gasteiger partial charge in [0, 0.05) is 23.5 Å². The molecule has 5 nitrogen and oxygen atoms in total. The van der Waals surface area contributed by atoms with E-state index in [1.807, 2.05) is 47.4 Å². The van der Waals surface area contributed by atoms with Crippen LogP contribution in [0.2, 0.25) is 0 Å². The van der Waals surface area contributed by atoms with Crippen LogP contribution in [0.25, 0.3) is 0 Å². The van der Waals surface area contributed by atoms with Crippen molar-refractivity contribution in [3.63, 3.8) is 0 Å². The molecule has 3 aromatic rings. The maximum absolute atomic E-state index is 12.8. The first kappa shape index (κ1) is 15.0. The van der Waals surface area contributed by atoms with Crippen molar-refractivity contribution < 1.29 is 4.79 Å². The molecule has 0 fully saturated rings. The summed E-state index contributed by atoms with van der Waals surface area (Å²) in [6.07, 6.45) is 2.42. The van der Waals surface area contributed by atoms with Gasteiger partial charge in [-0.05, 0) is 35.7 Å². The predicted molar refractivity (Wildman–Crippen MR) is 94.2 cm³/mol. The monoisotopic (exact) mass is 336 g/mol. The summed E-state index contributed by atoms with van der Waals surface area (Å²) in [5.74, 6) is 0.852. The van der Waals surface area contributed by atoms with Gasteiger partial charge in [0.25, 0.3) is 5.91 Å². The summed E-state index contributed by atoms with van der Waals surface area (Å²) in [4.78, 5) is 18.7. The Balaban J connectivity index is 1.46. The minimum absolute atomic E-state index is 0.0642. The Morgan fingerprint density at radius 2 is 2.00 bits per heavy atom. The fourth-order valence-electron chi connectivity index (χ4n) is 2.86. The standard InChI is InChI=1S/C18H16N4OS/c23-17(22-10-9-14-3-1-2-4-16(14)22)15-7-5-13(6-8-15)11-24-18-19-12-20-21-18/h1-8,12H,9-11H2,(H,19,20,21). The summed E-state index contributed by atoms with van der Waals surface area (Å²) in [6, 6.07) is 15.9. The van der Waals surface area contributed by atoms with E-state index in [-0.39, 0.29) is 5.91 Å². The molecule has 0 radical (unpaired) electrons. The number of benzene rings is 2. The van der Waals surface area contributed by atoms with Gasteiger partial charge < -0.3 is 4.90 Å². The number of fused-ring (bicyclic) bond motifs is 1. The number of amides is 1. The zero-order chi connectivity index (χ0) is 16.4. The molecular weight excluding hydrogens is 320 g/mol. The molecular formula is C18H16N4OS. The molecule has 0 saturated heterocycles. The van der Waals surface area contributed by atoms with Crippen molar-refractivity contribution in [3.05, 3.63) is 71.5 Å². The highest BCUT2D eigenvalue weighted by atomic mass is 32.2. The first-order valence-corrected chi connectivity index (χ1v) is 8.77. The summed E-state index contributed by atoms with van der Waals surface area (Å²) >= 11 is 1.59. The van der Waals surface area contributed by atoms with E-state index in [1.54, 1.807) is 11.8 Å². The van der Waals surface area contributed by atoms with Crippen LogP contribution in [0.5, 0.6) is 0 Å². The molecule has 0 unspecified atom stereocenters. The minimum Gasteiger partial charge on any atom is -0.308 e. The second-order valence-corrected chi connectivity index (χ2v) is 6.58. The highest BCUT2D eigenvalue weighted by Gasteiger charge is 2.24. The Bertz CT molecular complexity index is 846. The third-order valence-electron chi connectivity index (χ3n) is 4.10. The molecule has 120 valence electrons. The van der Waals surface area contributed by atoms with Gasteiger partial charge in [-0.25, -0.2) is 4.98 Å². The first-order valence-electron chi connectivity index (χ1n) is 7.78. The zero-order valence-corrected chi connectivity index (χ0v) is 13.8. The number of H-pyrrole nitrogens is 1. The SMILES string of the molecule is O=C(c1ccc(CSc2ncn[nH]2)cc1)N1CCc2ccccc21. The second-order valence-electron chi connectivity index (χ2n) is 5.61. The molecule has 24 heavy (non-hydrogen) atoms. The topological polar surface area (TPSA) is 61.9 Å². The predicted octanol–water partition coefficient (Wildman–Crippen LogP) is 3.30. The van der Waals surface area contributed by atoms with Crippen molar-refractivity contribution in [2.45, 2.75) is 17.3 Å². The van der Waals surface area contributed by atoms with Crippen LogP contribution >= 0.6 is 11.8 Å². The molecule has 0 atom stereocenters. The number of carbonyl (C=O) groups excluding carboxylic acids is 1. The van der Waals surface area contributed by atoms with E-state index in [1.165, 1.54) is 11.9 Å². The number of thioether (sulfide) groups is 1. The van der Waals surface area contributed by atoms with Crippen LogP contribution in [0.1, 0.15) is 21.5 Å². The number of nitrogens with one attached hydrogen (secondary N) is 1. The van der Waals surface area contributed by atoms with Gasteiger partial charge in [-0.1, -0.05) is 42.1 Å². The van der Waals surface area contributed by atoms with Crippen molar-refractivity contribution in [1.82, 2.24) is 15.2 Å². The number of aromatic amines is 1. The quantitative estimate of drug-likeness (QED) is 0.743. The molecule has 0 saturated carbocycles. The molecule has 2 heterocycles. The van der Waals surface area contributed by atoms with E-state index in [0.717, 1.165) is 40.7 Å². The van der Waals surface area contributed by atoms with Crippen LogP contribution in [0.3, 0.4) is 0 Å². The van der Waals surface area contributed by atoms with E-state index in [4.69, 9.17) is 0 Å². The lowest BCUT2D eigenvalue weighted by atomic mass is 10.1. The Kier molecular flexibility index (Phi) is 4.04. The molecule has 2 aromatic carbocycles. The number of hydrogen-bond acceptors (Lipinski definition) is 4. The van der Waals surface area contributed by atoms with E-state index >= 15 is 0 Å². The fraction of sp³-hybridized carbons (Fsp3) is 0.167. The minimum atomic E-state index is 0.0642. The third kappa shape index (κ3) is 2.92. The van der Waals surface area contributed by atoms with E-state index < -0.39 is 0 Å². The van der Waals surface area contributed by atoms with E-state index in [2.05, 4.69) is 21.2 Å². The number of rotatable bonds is 4. The van der Waals surface area contributed by atoms with Crippen LogP contribution in [0.15, 0.2) is 60.0 Å². The number of nitrogens with zero attached hydrogens (tertiary/aromatic N) is 3. The zero-order valence-electron chi connectivity index (χ0n) is 13.0. The smallest absolute Gasteiger partial charge is 0.258 e. The highest BCUT2D eigenvalue weighted by molar-refractivity contribution is 7.98. The molecule has 1 aliphatic heterocycles. The Hall–Kier alpha value is -2.60. The number of carbonyl (C=O) groups is 1. The normalized spacial score (nSPS) is 13.1. The van der Waals surface area contributed by atoms with Gasteiger partial charge in [-0.3, -0.25) is 9.89 Å². The van der Waals surface area contributed by atoms with Gasteiger partial charge in [0.05, 0.1) is 0 Å². The number of aromatic nitrogens is 3. The third-order valence-corrected chi connectivity index (χ3v) is 5.05.